The first-order chi connectivity index (χ1) is 14.4. The van der Waals surface area contributed by atoms with Crippen molar-refractivity contribution in [2.24, 2.45) is 0 Å². The number of aromatic nitrogens is 1. The summed E-state index contributed by atoms with van der Waals surface area (Å²) in [6.07, 6.45) is 1.59. The maximum absolute atomic E-state index is 12.4. The van der Waals surface area contributed by atoms with E-state index in [9.17, 15) is 19.5 Å². The molecule has 1 aliphatic rings. The van der Waals surface area contributed by atoms with Crippen LogP contribution < -0.4 is 10.1 Å². The summed E-state index contributed by atoms with van der Waals surface area (Å²) in [5.74, 6) is -2.27. The number of carboxylic acids is 2. The number of methoxy groups -OCH3 is 1. The third-order valence-corrected chi connectivity index (χ3v) is 5.17. The molecule has 3 aromatic rings. The number of fused-ring (bicyclic) bond motifs is 1. The first-order valence-corrected chi connectivity index (χ1v) is 9.15. The monoisotopic (exact) mass is 406 g/mol. The second-order valence-corrected chi connectivity index (χ2v) is 6.91. The van der Waals surface area contributed by atoms with Crippen LogP contribution in [0.3, 0.4) is 0 Å². The van der Waals surface area contributed by atoms with Crippen molar-refractivity contribution in [2.75, 3.05) is 12.4 Å². The van der Waals surface area contributed by atoms with Crippen molar-refractivity contribution in [2.45, 2.75) is 12.3 Å². The van der Waals surface area contributed by atoms with Crippen molar-refractivity contribution in [1.82, 2.24) is 4.57 Å². The van der Waals surface area contributed by atoms with Gasteiger partial charge < -0.3 is 24.8 Å². The highest BCUT2D eigenvalue weighted by Crippen LogP contribution is 2.41. The maximum Gasteiger partial charge on any atom is 0.339 e. The van der Waals surface area contributed by atoms with Crippen LogP contribution in [0.25, 0.3) is 5.69 Å². The van der Waals surface area contributed by atoms with Crippen molar-refractivity contribution in [3.05, 3.63) is 77.1 Å². The van der Waals surface area contributed by atoms with Crippen molar-refractivity contribution in [3.8, 4) is 11.4 Å². The smallest absolute Gasteiger partial charge is 0.339 e. The Bertz CT molecular complexity index is 1150. The summed E-state index contributed by atoms with van der Waals surface area (Å²) < 4.78 is 6.93. The fourth-order valence-corrected chi connectivity index (χ4v) is 3.72. The minimum absolute atomic E-state index is 0.0129. The molecule has 0 saturated carbocycles. The summed E-state index contributed by atoms with van der Waals surface area (Å²) in [5.41, 5.74) is 2.43. The molecule has 2 heterocycles. The quantitative estimate of drug-likeness (QED) is 0.598. The first-order valence-electron chi connectivity index (χ1n) is 9.15. The van der Waals surface area contributed by atoms with E-state index in [1.165, 1.54) is 18.3 Å². The van der Waals surface area contributed by atoms with Crippen molar-refractivity contribution >= 4 is 23.5 Å². The third kappa shape index (κ3) is 3.28. The largest absolute Gasteiger partial charge is 0.497 e. The van der Waals surface area contributed by atoms with Gasteiger partial charge in [0.05, 0.1) is 24.1 Å². The Morgan fingerprint density at radius 1 is 1.03 bits per heavy atom. The molecular weight excluding hydrogens is 388 g/mol. The fraction of sp³-hybridized carbons (Fsp3) is 0.136. The molecule has 0 saturated heterocycles. The topological polar surface area (TPSA) is 118 Å². The average molecular weight is 406 g/mol. The molecule has 8 nitrogen and oxygen atoms in total. The SMILES string of the molecule is COc1ccc(-n2cc(C(=O)O)c3c2[C@H](c2ccc(C(=O)O)cc2)CC(=O)N3)cc1. The zero-order valence-corrected chi connectivity index (χ0v) is 16.0. The Kier molecular flexibility index (Phi) is 4.75. The number of amides is 1. The Labute approximate surface area is 171 Å². The number of anilines is 1. The minimum atomic E-state index is -1.15. The number of carboxylic acid groups (broad SMARTS) is 2. The van der Waals surface area contributed by atoms with Gasteiger partial charge in [-0.25, -0.2) is 9.59 Å². The fourth-order valence-electron chi connectivity index (χ4n) is 3.72. The minimum Gasteiger partial charge on any atom is -0.497 e. The van der Waals surface area contributed by atoms with Crippen molar-refractivity contribution in [3.63, 3.8) is 0 Å². The summed E-state index contributed by atoms with van der Waals surface area (Å²) in [4.78, 5) is 35.4. The highest BCUT2D eigenvalue weighted by atomic mass is 16.5. The number of benzene rings is 2. The van der Waals surface area contributed by atoms with E-state index in [0.29, 0.717) is 17.1 Å². The molecule has 3 N–H and O–H groups in total. The molecule has 1 atom stereocenters. The summed E-state index contributed by atoms with van der Waals surface area (Å²) in [7, 11) is 1.56. The Hall–Kier alpha value is -4.07. The van der Waals surface area contributed by atoms with E-state index in [1.54, 1.807) is 48.1 Å². The number of nitrogens with one attached hydrogen (secondary N) is 1. The van der Waals surface area contributed by atoms with E-state index in [2.05, 4.69) is 5.32 Å². The van der Waals surface area contributed by atoms with Gasteiger partial charge in [-0.05, 0) is 42.0 Å². The average Bonchev–Trinajstić information content (AvgIpc) is 3.13. The molecule has 4 rings (SSSR count). The van der Waals surface area contributed by atoms with Crippen LogP contribution in [-0.4, -0.2) is 39.7 Å². The standard InChI is InChI=1S/C22H18N2O6/c1-30-15-8-6-14(7-9-15)24-11-17(22(28)29)19-20(24)16(10-18(25)23-19)12-2-4-13(5-3-12)21(26)27/h2-9,11,16H,10H2,1H3,(H,23,25)(H,26,27)(H,28,29)/t16-/m0/s1. The van der Waals surface area contributed by atoms with E-state index < -0.39 is 17.9 Å². The predicted octanol–water partition coefficient (Wildman–Crippen LogP) is 3.36. The summed E-state index contributed by atoms with van der Waals surface area (Å²) in [6, 6.07) is 13.4. The van der Waals surface area contributed by atoms with Gasteiger partial charge in [0.2, 0.25) is 5.91 Å². The molecule has 0 aliphatic carbocycles. The van der Waals surface area contributed by atoms with Crippen LogP contribution in [0.15, 0.2) is 54.7 Å². The van der Waals surface area contributed by atoms with Gasteiger partial charge in [-0.2, -0.15) is 0 Å². The van der Waals surface area contributed by atoms with Gasteiger partial charge in [0, 0.05) is 24.2 Å². The van der Waals surface area contributed by atoms with Gasteiger partial charge in [-0.15, -0.1) is 0 Å². The third-order valence-electron chi connectivity index (χ3n) is 5.17. The molecule has 1 amide bonds. The molecule has 0 radical (unpaired) electrons. The van der Waals surface area contributed by atoms with Gasteiger partial charge in [0.15, 0.2) is 0 Å². The van der Waals surface area contributed by atoms with Crippen LogP contribution in [0.1, 0.15) is 44.3 Å². The highest BCUT2D eigenvalue weighted by molar-refractivity contribution is 6.04. The number of carbonyl (C=O) groups excluding carboxylic acids is 1. The first kappa shape index (κ1) is 19.3. The van der Waals surface area contributed by atoms with Gasteiger partial charge in [-0.3, -0.25) is 4.79 Å². The van der Waals surface area contributed by atoms with Crippen LogP contribution in [0, 0.1) is 0 Å². The van der Waals surface area contributed by atoms with Gasteiger partial charge >= 0.3 is 11.9 Å². The van der Waals surface area contributed by atoms with Crippen LogP contribution in [0.5, 0.6) is 5.75 Å². The Morgan fingerprint density at radius 2 is 1.70 bits per heavy atom. The summed E-state index contributed by atoms with van der Waals surface area (Å²) in [6.45, 7) is 0. The van der Waals surface area contributed by atoms with Crippen LogP contribution in [-0.2, 0) is 4.79 Å². The second kappa shape index (κ2) is 7.40. The van der Waals surface area contributed by atoms with Crippen molar-refractivity contribution in [1.29, 1.82) is 0 Å². The second-order valence-electron chi connectivity index (χ2n) is 6.91. The zero-order valence-electron chi connectivity index (χ0n) is 16.0. The van der Waals surface area contributed by atoms with Crippen LogP contribution >= 0.6 is 0 Å². The lowest BCUT2D eigenvalue weighted by Gasteiger charge is -2.26. The van der Waals surface area contributed by atoms with Gasteiger partial charge in [0.25, 0.3) is 0 Å². The molecule has 2 aromatic carbocycles. The number of carbonyl (C=O) groups is 3. The molecule has 1 aromatic heterocycles. The number of rotatable bonds is 5. The number of nitrogens with zero attached hydrogens (tertiary/aromatic N) is 1. The van der Waals surface area contributed by atoms with E-state index in [-0.39, 0.29) is 29.1 Å². The highest BCUT2D eigenvalue weighted by Gasteiger charge is 2.34. The lowest BCUT2D eigenvalue weighted by Crippen LogP contribution is -2.25. The summed E-state index contributed by atoms with van der Waals surface area (Å²) in [5, 5.41) is 21.5. The van der Waals surface area contributed by atoms with Crippen LogP contribution in [0.4, 0.5) is 5.69 Å². The number of hydrogen-bond acceptors (Lipinski definition) is 4. The summed E-state index contributed by atoms with van der Waals surface area (Å²) >= 11 is 0. The molecule has 0 bridgehead atoms. The molecule has 30 heavy (non-hydrogen) atoms. The lowest BCUT2D eigenvalue weighted by molar-refractivity contribution is -0.116. The number of aromatic carboxylic acids is 2. The Balaban J connectivity index is 1.89. The normalized spacial score (nSPS) is 15.2. The Morgan fingerprint density at radius 3 is 2.27 bits per heavy atom. The molecular formula is C22H18N2O6. The maximum atomic E-state index is 12.4. The van der Waals surface area contributed by atoms with E-state index >= 15 is 0 Å². The number of hydrogen-bond donors (Lipinski definition) is 3. The van der Waals surface area contributed by atoms with Gasteiger partial charge in [-0.1, -0.05) is 12.1 Å². The van der Waals surface area contributed by atoms with Crippen LogP contribution in [0.2, 0.25) is 0 Å². The van der Waals surface area contributed by atoms with E-state index in [0.717, 1.165) is 5.56 Å². The zero-order chi connectivity index (χ0) is 21.4. The molecule has 152 valence electrons. The number of ether oxygens (including phenoxy) is 1. The van der Waals surface area contributed by atoms with Crippen molar-refractivity contribution < 1.29 is 29.3 Å². The molecule has 0 fully saturated rings. The molecule has 8 heteroatoms. The van der Waals surface area contributed by atoms with Gasteiger partial charge in [0.1, 0.15) is 11.3 Å². The molecule has 0 unspecified atom stereocenters. The lowest BCUT2D eigenvalue weighted by atomic mass is 9.87. The van der Waals surface area contributed by atoms with E-state index in [4.69, 9.17) is 9.84 Å². The predicted molar refractivity (Wildman–Crippen MR) is 108 cm³/mol. The molecule has 1 aliphatic heterocycles. The molecule has 0 spiro atoms. The van der Waals surface area contributed by atoms with E-state index in [1.807, 2.05) is 0 Å².